The Morgan fingerprint density at radius 3 is 2.32 bits per heavy atom. The van der Waals surface area contributed by atoms with E-state index >= 15 is 0 Å². The summed E-state index contributed by atoms with van der Waals surface area (Å²) in [4.78, 5) is 25.9. The molecule has 0 aliphatic heterocycles. The van der Waals surface area contributed by atoms with Gasteiger partial charge in [-0.15, -0.1) is 0 Å². The van der Waals surface area contributed by atoms with Crippen LogP contribution in [0, 0.1) is 0 Å². The van der Waals surface area contributed by atoms with Crippen LogP contribution in [-0.2, 0) is 26.6 Å². The highest BCUT2D eigenvalue weighted by Gasteiger charge is 2.24. The van der Waals surface area contributed by atoms with Crippen LogP contribution in [0.4, 0.5) is 5.69 Å². The lowest BCUT2D eigenvalue weighted by molar-refractivity contribution is -0.112. The van der Waals surface area contributed by atoms with E-state index < -0.39 is 22.7 Å². The largest absolute Gasteiger partial charge is 0.319 e. The summed E-state index contributed by atoms with van der Waals surface area (Å²) in [6, 6.07) is 23.2. The summed E-state index contributed by atoms with van der Waals surface area (Å²) in [6.07, 6.45) is 1.75. The Bertz CT molecular complexity index is 1320. The molecule has 2 heterocycles. The Kier molecular flexibility index (Phi) is 5.92. The molecule has 7 nitrogen and oxygen atoms in total. The first-order chi connectivity index (χ1) is 15.0. The average Bonchev–Trinajstić information content (AvgIpc) is 3.18. The molecule has 4 rings (SSSR count). The fourth-order valence-corrected chi connectivity index (χ4v) is 3.55. The van der Waals surface area contributed by atoms with Gasteiger partial charge in [0.05, 0.1) is 6.61 Å². The van der Waals surface area contributed by atoms with Gasteiger partial charge in [-0.2, -0.15) is 0 Å². The van der Waals surface area contributed by atoms with E-state index in [1.165, 1.54) is 0 Å². The molecule has 156 valence electrons. The predicted molar refractivity (Wildman–Crippen MR) is 117 cm³/mol. The zero-order valence-electron chi connectivity index (χ0n) is 16.2. The van der Waals surface area contributed by atoms with Crippen molar-refractivity contribution in [3.63, 3.8) is 0 Å². The maximum absolute atomic E-state index is 13.1. The molecule has 31 heavy (non-hydrogen) atoms. The van der Waals surface area contributed by atoms with E-state index in [1.807, 2.05) is 48.5 Å². The van der Waals surface area contributed by atoms with Gasteiger partial charge in [0.25, 0.3) is 22.7 Å². The SMILES string of the molecule is O=C(Nc1ccc(CO[SH](=O)=O)cc1)C(=O)c1c(-c2ccccc2)cc2ccccn12. The summed E-state index contributed by atoms with van der Waals surface area (Å²) in [5, 5.41) is 2.60. The monoisotopic (exact) mass is 434 g/mol. The summed E-state index contributed by atoms with van der Waals surface area (Å²) in [7, 11) is -2.93. The Hall–Kier alpha value is -3.75. The number of pyridine rings is 1. The number of hydrogen-bond acceptors (Lipinski definition) is 5. The number of thiol groups is 1. The molecule has 1 amide bonds. The normalized spacial score (nSPS) is 11.0. The quantitative estimate of drug-likeness (QED) is 0.264. The second kappa shape index (κ2) is 8.95. The molecule has 0 spiro atoms. The van der Waals surface area contributed by atoms with Crippen LogP contribution < -0.4 is 5.32 Å². The van der Waals surface area contributed by atoms with Crippen molar-refractivity contribution in [2.45, 2.75) is 6.61 Å². The van der Waals surface area contributed by atoms with Gasteiger partial charge in [0.2, 0.25) is 0 Å². The minimum Gasteiger partial charge on any atom is -0.319 e. The molecule has 2 aromatic carbocycles. The van der Waals surface area contributed by atoms with Crippen molar-refractivity contribution in [3.05, 3.63) is 96.3 Å². The molecule has 0 radical (unpaired) electrons. The van der Waals surface area contributed by atoms with Crippen LogP contribution in [0.5, 0.6) is 0 Å². The van der Waals surface area contributed by atoms with Crippen molar-refractivity contribution in [2.24, 2.45) is 0 Å². The van der Waals surface area contributed by atoms with Gasteiger partial charge < -0.3 is 9.72 Å². The first kappa shape index (κ1) is 20.5. The first-order valence-corrected chi connectivity index (χ1v) is 10.5. The van der Waals surface area contributed by atoms with Crippen LogP contribution in [0.2, 0.25) is 0 Å². The third-order valence-corrected chi connectivity index (χ3v) is 5.07. The number of ketones is 1. The minimum absolute atomic E-state index is 0.0948. The van der Waals surface area contributed by atoms with Gasteiger partial charge >= 0.3 is 0 Å². The number of amides is 1. The molecular formula is C23H18N2O5S. The summed E-state index contributed by atoms with van der Waals surface area (Å²) in [6.45, 7) is -0.0948. The molecule has 1 N–H and O–H groups in total. The van der Waals surface area contributed by atoms with Gasteiger partial charge in [-0.05, 0) is 41.5 Å². The molecule has 0 atom stereocenters. The Labute approximate surface area is 180 Å². The van der Waals surface area contributed by atoms with Crippen LogP contribution in [0.1, 0.15) is 16.1 Å². The zero-order chi connectivity index (χ0) is 21.8. The molecule has 0 saturated carbocycles. The number of carbonyl (C=O) groups is 2. The lowest BCUT2D eigenvalue weighted by atomic mass is 10.0. The third kappa shape index (κ3) is 4.55. The number of rotatable bonds is 7. The van der Waals surface area contributed by atoms with Crippen molar-refractivity contribution in [1.29, 1.82) is 0 Å². The van der Waals surface area contributed by atoms with E-state index in [4.69, 9.17) is 0 Å². The Morgan fingerprint density at radius 2 is 1.61 bits per heavy atom. The molecule has 2 aromatic heterocycles. The number of benzene rings is 2. The molecule has 8 heteroatoms. The predicted octanol–water partition coefficient (Wildman–Crippen LogP) is 3.47. The summed E-state index contributed by atoms with van der Waals surface area (Å²) in [5.41, 5.74) is 3.62. The zero-order valence-corrected chi connectivity index (χ0v) is 17.1. The molecule has 0 saturated heterocycles. The number of nitrogens with zero attached hydrogens (tertiary/aromatic N) is 1. The van der Waals surface area contributed by atoms with Gasteiger partial charge in [0.1, 0.15) is 5.69 Å². The van der Waals surface area contributed by atoms with E-state index in [1.54, 1.807) is 40.9 Å². The van der Waals surface area contributed by atoms with Crippen LogP contribution >= 0.6 is 0 Å². The van der Waals surface area contributed by atoms with Gasteiger partial charge in [0, 0.05) is 23.0 Å². The van der Waals surface area contributed by atoms with E-state index in [9.17, 15) is 18.0 Å². The second-order valence-electron chi connectivity index (χ2n) is 6.75. The highest BCUT2D eigenvalue weighted by molar-refractivity contribution is 7.67. The molecule has 0 aliphatic rings. The molecule has 0 aliphatic carbocycles. The summed E-state index contributed by atoms with van der Waals surface area (Å²) in [5.74, 6) is -1.44. The fourth-order valence-electron chi connectivity index (χ4n) is 3.30. The van der Waals surface area contributed by atoms with Crippen LogP contribution in [0.3, 0.4) is 0 Å². The van der Waals surface area contributed by atoms with Gasteiger partial charge in [-0.1, -0.05) is 48.5 Å². The first-order valence-electron chi connectivity index (χ1n) is 9.40. The van der Waals surface area contributed by atoms with Crippen molar-refractivity contribution >= 4 is 33.9 Å². The average molecular weight is 434 g/mol. The number of Topliss-reactive ketones (excluding diaryl/α,β-unsaturated/α-hetero) is 1. The molecule has 4 aromatic rings. The smallest absolute Gasteiger partial charge is 0.298 e. The van der Waals surface area contributed by atoms with Gasteiger partial charge in [-0.25, -0.2) is 8.42 Å². The number of fused-ring (bicyclic) bond motifs is 1. The molecular weight excluding hydrogens is 416 g/mol. The third-order valence-electron chi connectivity index (χ3n) is 4.73. The number of nitrogens with one attached hydrogen (secondary N) is 1. The van der Waals surface area contributed by atoms with E-state index in [2.05, 4.69) is 9.50 Å². The maximum atomic E-state index is 13.1. The number of carbonyl (C=O) groups excluding carboxylic acids is 2. The summed E-state index contributed by atoms with van der Waals surface area (Å²) >= 11 is 0. The highest BCUT2D eigenvalue weighted by atomic mass is 32.2. The minimum atomic E-state index is -2.93. The highest BCUT2D eigenvalue weighted by Crippen LogP contribution is 2.28. The van der Waals surface area contributed by atoms with E-state index in [0.717, 1.165) is 11.1 Å². The van der Waals surface area contributed by atoms with Crippen LogP contribution in [0.15, 0.2) is 85.1 Å². The second-order valence-corrected chi connectivity index (χ2v) is 7.45. The number of hydrogen-bond donors (Lipinski definition) is 2. The molecule has 0 unspecified atom stereocenters. The molecule has 0 fully saturated rings. The topological polar surface area (TPSA) is 93.9 Å². The Balaban J connectivity index is 1.61. The molecule has 0 bridgehead atoms. The van der Waals surface area contributed by atoms with Crippen molar-refractivity contribution < 1.29 is 22.2 Å². The summed E-state index contributed by atoms with van der Waals surface area (Å²) < 4.78 is 27.3. The van der Waals surface area contributed by atoms with Crippen molar-refractivity contribution in [2.75, 3.05) is 5.32 Å². The van der Waals surface area contributed by atoms with Gasteiger partial charge in [-0.3, -0.25) is 13.8 Å². The van der Waals surface area contributed by atoms with Crippen molar-refractivity contribution in [1.82, 2.24) is 4.40 Å². The standard InChI is InChI=1S/C23H18N2O5S/c26-22(23(27)24-18-11-9-16(10-12-18)15-30-31(28)29)21-20(17-6-2-1-3-7-17)14-19-8-4-5-13-25(19)21/h1-14,31H,15H2,(H,24,27). The fraction of sp³-hybridized carbons (Fsp3) is 0.0435. The Morgan fingerprint density at radius 1 is 0.903 bits per heavy atom. The van der Waals surface area contributed by atoms with Crippen molar-refractivity contribution in [3.8, 4) is 11.1 Å². The lowest BCUT2D eigenvalue weighted by Gasteiger charge is -2.08. The maximum Gasteiger partial charge on any atom is 0.298 e. The van der Waals surface area contributed by atoms with Gasteiger partial charge in [0.15, 0.2) is 0 Å². The van der Waals surface area contributed by atoms with Crippen LogP contribution in [-0.4, -0.2) is 24.5 Å². The van der Waals surface area contributed by atoms with Crippen LogP contribution in [0.25, 0.3) is 16.6 Å². The number of aromatic nitrogens is 1. The van der Waals surface area contributed by atoms with E-state index in [0.29, 0.717) is 16.8 Å². The van der Waals surface area contributed by atoms with E-state index in [-0.39, 0.29) is 12.3 Å². The lowest BCUT2D eigenvalue weighted by Crippen LogP contribution is -2.24. The number of anilines is 1.